The van der Waals surface area contributed by atoms with Crippen LogP contribution in [0.5, 0.6) is 0 Å². The SMILES string of the molecule is CNC(=O)C(NC(=O)C(N)C(C)(C)CC(C)(C)C)C(C)(C)CC(C)(C)NC(=O)C(N)C(C)(C)CC(C)(C)NC. The second-order valence-electron chi connectivity index (χ2n) is 16.1. The summed E-state index contributed by atoms with van der Waals surface area (Å²) in [6, 6.07) is -2.39. The summed E-state index contributed by atoms with van der Waals surface area (Å²) in [6.45, 7) is 26.1. The molecule has 0 bridgehead atoms. The summed E-state index contributed by atoms with van der Waals surface area (Å²) in [6.07, 6.45) is 1.84. The summed E-state index contributed by atoms with van der Waals surface area (Å²) >= 11 is 0. The molecule has 0 rings (SSSR count). The molecule has 39 heavy (non-hydrogen) atoms. The lowest BCUT2D eigenvalue weighted by atomic mass is 9.71. The predicted molar refractivity (Wildman–Crippen MR) is 162 cm³/mol. The van der Waals surface area contributed by atoms with Crippen LogP contribution >= 0.6 is 0 Å². The lowest BCUT2D eigenvalue weighted by Gasteiger charge is -2.43. The zero-order valence-electron chi connectivity index (χ0n) is 27.7. The molecule has 0 fully saturated rings. The third-order valence-corrected chi connectivity index (χ3v) is 7.74. The quantitative estimate of drug-likeness (QED) is 0.194. The number of rotatable bonds is 14. The molecular weight excluding hydrogens is 492 g/mol. The lowest BCUT2D eigenvalue weighted by Crippen LogP contribution is -2.62. The van der Waals surface area contributed by atoms with Gasteiger partial charge in [0.15, 0.2) is 0 Å². The molecule has 0 aliphatic carbocycles. The molecule has 3 atom stereocenters. The van der Waals surface area contributed by atoms with E-state index in [4.69, 9.17) is 11.5 Å². The number of nitrogens with one attached hydrogen (secondary N) is 4. The van der Waals surface area contributed by atoms with E-state index in [1.54, 1.807) is 7.05 Å². The van der Waals surface area contributed by atoms with Crippen molar-refractivity contribution >= 4 is 17.7 Å². The summed E-state index contributed by atoms with van der Waals surface area (Å²) in [5, 5.41) is 12.0. The van der Waals surface area contributed by atoms with Gasteiger partial charge in [0.1, 0.15) is 6.04 Å². The maximum absolute atomic E-state index is 13.3. The average Bonchev–Trinajstić information content (AvgIpc) is 2.71. The molecule has 3 unspecified atom stereocenters. The zero-order chi connectivity index (χ0) is 31.4. The molecule has 0 aliphatic rings. The minimum atomic E-state index is -0.857. The molecule has 0 aromatic heterocycles. The van der Waals surface area contributed by atoms with E-state index < -0.39 is 39.9 Å². The fraction of sp³-hybridized carbons (Fsp3) is 0.900. The fourth-order valence-corrected chi connectivity index (χ4v) is 6.21. The molecule has 9 nitrogen and oxygen atoms in total. The Morgan fingerprint density at radius 1 is 0.590 bits per heavy atom. The van der Waals surface area contributed by atoms with Crippen LogP contribution in [0.2, 0.25) is 0 Å². The van der Waals surface area contributed by atoms with Gasteiger partial charge in [-0.3, -0.25) is 14.4 Å². The third kappa shape index (κ3) is 11.7. The van der Waals surface area contributed by atoms with Gasteiger partial charge in [-0.2, -0.15) is 0 Å². The van der Waals surface area contributed by atoms with Gasteiger partial charge in [-0.25, -0.2) is 0 Å². The van der Waals surface area contributed by atoms with Gasteiger partial charge in [-0.05, 0) is 75.7 Å². The standard InChI is InChI=1S/C30H62N6O3/c1-25(2,3)16-26(4,5)19(31)22(37)35-21(24(39)33-14)28(8,9)18-30(12,13)36-23(38)20(32)27(6,7)17-29(10,11)34-15/h19-21,34H,16-18,31-32H2,1-15H3,(H,33,39)(H,35,37)(H,36,38). The van der Waals surface area contributed by atoms with Gasteiger partial charge in [-0.1, -0.05) is 62.3 Å². The van der Waals surface area contributed by atoms with Gasteiger partial charge in [0, 0.05) is 18.1 Å². The number of carbonyl (C=O) groups excluding carboxylic acids is 3. The molecule has 0 saturated carbocycles. The molecule has 0 radical (unpaired) electrons. The van der Waals surface area contributed by atoms with Crippen molar-refractivity contribution in [3.8, 4) is 0 Å². The molecule has 3 amide bonds. The highest BCUT2D eigenvalue weighted by Crippen LogP contribution is 2.37. The van der Waals surface area contributed by atoms with Crippen LogP contribution in [0.1, 0.15) is 109 Å². The Labute approximate surface area is 239 Å². The Hall–Kier alpha value is -1.71. The smallest absolute Gasteiger partial charge is 0.242 e. The number of amides is 3. The van der Waals surface area contributed by atoms with E-state index in [2.05, 4.69) is 55.9 Å². The van der Waals surface area contributed by atoms with Crippen LogP contribution < -0.4 is 32.7 Å². The van der Waals surface area contributed by atoms with E-state index in [1.807, 2.05) is 62.4 Å². The Morgan fingerprint density at radius 3 is 1.41 bits per heavy atom. The molecule has 8 N–H and O–H groups in total. The first-order chi connectivity index (χ1) is 17.1. The maximum atomic E-state index is 13.3. The number of likely N-dealkylation sites (N-methyl/N-ethyl adjacent to an activating group) is 1. The molecular formula is C30H62N6O3. The molecule has 0 aliphatic heterocycles. The van der Waals surface area contributed by atoms with Crippen molar-refractivity contribution in [3.05, 3.63) is 0 Å². The van der Waals surface area contributed by atoms with Crippen molar-refractivity contribution in [2.75, 3.05) is 14.1 Å². The largest absolute Gasteiger partial charge is 0.357 e. The van der Waals surface area contributed by atoms with Gasteiger partial charge in [0.05, 0.1) is 12.1 Å². The van der Waals surface area contributed by atoms with Crippen LogP contribution in [0.3, 0.4) is 0 Å². The van der Waals surface area contributed by atoms with E-state index in [-0.39, 0.29) is 28.7 Å². The van der Waals surface area contributed by atoms with Crippen molar-refractivity contribution in [1.82, 2.24) is 21.3 Å². The summed E-state index contributed by atoms with van der Waals surface area (Å²) in [7, 11) is 3.44. The molecule has 0 aromatic carbocycles. The highest BCUT2D eigenvalue weighted by molar-refractivity contribution is 5.90. The average molecular weight is 555 g/mol. The van der Waals surface area contributed by atoms with Gasteiger partial charge in [0.25, 0.3) is 0 Å². The highest BCUT2D eigenvalue weighted by atomic mass is 16.2. The first-order valence-electron chi connectivity index (χ1n) is 14.2. The summed E-state index contributed by atoms with van der Waals surface area (Å²) < 4.78 is 0. The van der Waals surface area contributed by atoms with Crippen LogP contribution in [-0.4, -0.2) is 61.0 Å². The van der Waals surface area contributed by atoms with Gasteiger partial charge in [-0.15, -0.1) is 0 Å². The van der Waals surface area contributed by atoms with Crippen LogP contribution in [0.25, 0.3) is 0 Å². The van der Waals surface area contributed by atoms with E-state index >= 15 is 0 Å². The first kappa shape index (κ1) is 37.3. The second kappa shape index (κ2) is 12.9. The summed E-state index contributed by atoms with van der Waals surface area (Å²) in [5.74, 6) is -0.939. The van der Waals surface area contributed by atoms with Gasteiger partial charge < -0.3 is 32.7 Å². The highest BCUT2D eigenvalue weighted by Gasteiger charge is 2.44. The number of carbonyl (C=O) groups is 3. The number of hydrogen-bond acceptors (Lipinski definition) is 6. The third-order valence-electron chi connectivity index (χ3n) is 7.74. The number of nitrogens with two attached hydrogens (primary N) is 2. The number of hydrogen-bond donors (Lipinski definition) is 6. The van der Waals surface area contributed by atoms with Crippen molar-refractivity contribution < 1.29 is 14.4 Å². The Kier molecular flexibility index (Phi) is 12.3. The normalized spacial score (nSPS) is 16.2. The van der Waals surface area contributed by atoms with Gasteiger partial charge in [0.2, 0.25) is 17.7 Å². The van der Waals surface area contributed by atoms with Gasteiger partial charge >= 0.3 is 0 Å². The summed E-state index contributed by atoms with van der Waals surface area (Å²) in [4.78, 5) is 39.6. The zero-order valence-corrected chi connectivity index (χ0v) is 27.7. The Morgan fingerprint density at radius 2 is 1.00 bits per heavy atom. The molecule has 0 spiro atoms. The van der Waals surface area contributed by atoms with E-state index in [0.717, 1.165) is 6.42 Å². The van der Waals surface area contributed by atoms with E-state index in [1.165, 1.54) is 0 Å². The minimum Gasteiger partial charge on any atom is -0.357 e. The topological polar surface area (TPSA) is 151 Å². The van der Waals surface area contributed by atoms with Crippen LogP contribution in [0.4, 0.5) is 0 Å². The van der Waals surface area contributed by atoms with Crippen LogP contribution in [0.15, 0.2) is 0 Å². The fourth-order valence-electron chi connectivity index (χ4n) is 6.21. The minimum absolute atomic E-state index is 0.0126. The molecule has 0 aromatic rings. The Bertz CT molecular complexity index is 855. The molecule has 0 saturated heterocycles. The monoisotopic (exact) mass is 554 g/mol. The van der Waals surface area contributed by atoms with Crippen LogP contribution in [-0.2, 0) is 14.4 Å². The lowest BCUT2D eigenvalue weighted by molar-refractivity contribution is -0.134. The summed E-state index contributed by atoms with van der Waals surface area (Å²) in [5.41, 5.74) is 10.3. The Balaban J connectivity index is 5.80. The van der Waals surface area contributed by atoms with Crippen molar-refractivity contribution in [1.29, 1.82) is 0 Å². The maximum Gasteiger partial charge on any atom is 0.242 e. The molecule has 0 heterocycles. The first-order valence-corrected chi connectivity index (χ1v) is 14.2. The van der Waals surface area contributed by atoms with Crippen molar-refractivity contribution in [2.24, 2.45) is 33.1 Å². The molecule has 230 valence electrons. The predicted octanol–water partition coefficient (Wildman–Crippen LogP) is 3.06. The van der Waals surface area contributed by atoms with Crippen molar-refractivity contribution in [3.63, 3.8) is 0 Å². The molecule has 9 heteroatoms. The van der Waals surface area contributed by atoms with E-state index in [9.17, 15) is 14.4 Å². The van der Waals surface area contributed by atoms with E-state index in [0.29, 0.717) is 12.8 Å². The van der Waals surface area contributed by atoms with Crippen molar-refractivity contribution in [2.45, 2.75) is 138 Å². The van der Waals surface area contributed by atoms with Crippen LogP contribution in [0, 0.1) is 21.7 Å². The second-order valence-corrected chi connectivity index (χ2v) is 16.1.